The third kappa shape index (κ3) is 1.60. The van der Waals surface area contributed by atoms with Crippen LogP contribution in [0.25, 0.3) is 5.69 Å². The molecule has 0 spiro atoms. The molecule has 0 aliphatic rings. The number of hydrogen-bond acceptors (Lipinski definition) is 3. The first-order chi connectivity index (χ1) is 6.79. The maximum absolute atomic E-state index is 8.87. The van der Waals surface area contributed by atoms with Gasteiger partial charge in [-0.1, -0.05) is 6.07 Å². The summed E-state index contributed by atoms with van der Waals surface area (Å²) in [6.45, 7) is 0.00230. The fourth-order valence-electron chi connectivity index (χ4n) is 1.25. The Kier molecular flexibility index (Phi) is 2.20. The first-order valence-corrected chi connectivity index (χ1v) is 4.30. The van der Waals surface area contributed by atoms with E-state index in [1.807, 2.05) is 24.3 Å². The number of rotatable bonds is 2. The van der Waals surface area contributed by atoms with Gasteiger partial charge in [0.25, 0.3) is 0 Å². The molecule has 0 aliphatic heterocycles. The normalized spacial score (nSPS) is 10.4. The van der Waals surface area contributed by atoms with Gasteiger partial charge in [0.15, 0.2) is 0 Å². The van der Waals surface area contributed by atoms with Crippen molar-refractivity contribution in [2.24, 2.45) is 0 Å². The summed E-state index contributed by atoms with van der Waals surface area (Å²) in [6.07, 6.45) is 3.40. The van der Waals surface area contributed by atoms with Gasteiger partial charge in [0.2, 0.25) is 0 Å². The summed E-state index contributed by atoms with van der Waals surface area (Å²) < 4.78 is 1.68. The van der Waals surface area contributed by atoms with Crippen LogP contribution in [0.2, 0.25) is 0 Å². The number of aliphatic hydroxyl groups excluding tert-OH is 1. The number of nitrogens with two attached hydrogens (primary N) is 1. The molecular formula is C10H11N3O. The molecule has 0 amide bonds. The lowest BCUT2D eigenvalue weighted by Gasteiger charge is -2.01. The number of nitrogen functional groups attached to an aromatic ring is 1. The van der Waals surface area contributed by atoms with Gasteiger partial charge in [0.05, 0.1) is 18.5 Å². The zero-order valence-corrected chi connectivity index (χ0v) is 7.59. The van der Waals surface area contributed by atoms with Crippen LogP contribution in [-0.2, 0) is 6.61 Å². The number of benzene rings is 1. The van der Waals surface area contributed by atoms with Crippen LogP contribution in [0.15, 0.2) is 36.7 Å². The average molecular weight is 189 g/mol. The second-order valence-electron chi connectivity index (χ2n) is 3.05. The Balaban J connectivity index is 2.39. The minimum Gasteiger partial charge on any atom is -0.399 e. The molecule has 1 aromatic heterocycles. The van der Waals surface area contributed by atoms with E-state index in [2.05, 4.69) is 5.10 Å². The number of aliphatic hydroxyl groups is 1. The fraction of sp³-hybridized carbons (Fsp3) is 0.100. The second-order valence-corrected chi connectivity index (χ2v) is 3.05. The van der Waals surface area contributed by atoms with Gasteiger partial charge in [-0.25, -0.2) is 4.68 Å². The molecular weight excluding hydrogens is 178 g/mol. The predicted molar refractivity (Wildman–Crippen MR) is 53.9 cm³/mol. The van der Waals surface area contributed by atoms with Crippen molar-refractivity contribution in [3.8, 4) is 5.69 Å². The van der Waals surface area contributed by atoms with Gasteiger partial charge in [-0.2, -0.15) is 5.10 Å². The first kappa shape index (κ1) is 8.77. The maximum atomic E-state index is 8.87. The number of nitrogens with zero attached hydrogens (tertiary/aromatic N) is 2. The predicted octanol–water partition coefficient (Wildman–Crippen LogP) is 0.947. The molecule has 1 heterocycles. The van der Waals surface area contributed by atoms with Gasteiger partial charge < -0.3 is 10.8 Å². The van der Waals surface area contributed by atoms with E-state index in [-0.39, 0.29) is 6.61 Å². The Morgan fingerprint density at radius 1 is 1.43 bits per heavy atom. The SMILES string of the molecule is Nc1cccc(-n2cc(CO)cn2)c1. The Bertz CT molecular complexity index is 436. The molecule has 72 valence electrons. The van der Waals surface area contributed by atoms with E-state index in [0.717, 1.165) is 11.3 Å². The molecule has 0 saturated carbocycles. The van der Waals surface area contributed by atoms with E-state index in [9.17, 15) is 0 Å². The average Bonchev–Trinajstić information content (AvgIpc) is 2.66. The molecule has 0 radical (unpaired) electrons. The highest BCUT2D eigenvalue weighted by atomic mass is 16.3. The number of anilines is 1. The molecule has 2 rings (SSSR count). The minimum absolute atomic E-state index is 0.00230. The molecule has 4 nitrogen and oxygen atoms in total. The minimum atomic E-state index is 0.00230. The van der Waals surface area contributed by atoms with Crippen molar-refractivity contribution in [1.82, 2.24) is 9.78 Å². The third-order valence-corrected chi connectivity index (χ3v) is 1.95. The molecule has 0 atom stereocenters. The largest absolute Gasteiger partial charge is 0.399 e. The molecule has 14 heavy (non-hydrogen) atoms. The van der Waals surface area contributed by atoms with E-state index in [1.54, 1.807) is 17.1 Å². The van der Waals surface area contributed by atoms with Gasteiger partial charge in [-0.15, -0.1) is 0 Å². The third-order valence-electron chi connectivity index (χ3n) is 1.95. The molecule has 4 heteroatoms. The molecule has 1 aromatic carbocycles. The van der Waals surface area contributed by atoms with E-state index in [0.29, 0.717) is 5.69 Å². The topological polar surface area (TPSA) is 64.1 Å². The van der Waals surface area contributed by atoms with Crippen molar-refractivity contribution in [2.45, 2.75) is 6.61 Å². The van der Waals surface area contributed by atoms with Crippen LogP contribution in [0.4, 0.5) is 5.69 Å². The van der Waals surface area contributed by atoms with Crippen LogP contribution in [0.5, 0.6) is 0 Å². The fourth-order valence-corrected chi connectivity index (χ4v) is 1.25. The van der Waals surface area contributed by atoms with Crippen molar-refractivity contribution in [1.29, 1.82) is 0 Å². The zero-order chi connectivity index (χ0) is 9.97. The van der Waals surface area contributed by atoms with Crippen molar-refractivity contribution in [3.63, 3.8) is 0 Å². The summed E-state index contributed by atoms with van der Waals surface area (Å²) in [5.41, 5.74) is 8.02. The molecule has 2 aromatic rings. The summed E-state index contributed by atoms with van der Waals surface area (Å²) in [7, 11) is 0. The molecule has 0 aliphatic carbocycles. The second kappa shape index (κ2) is 3.51. The number of hydrogen-bond donors (Lipinski definition) is 2. The summed E-state index contributed by atoms with van der Waals surface area (Å²) >= 11 is 0. The van der Waals surface area contributed by atoms with Gasteiger partial charge >= 0.3 is 0 Å². The van der Waals surface area contributed by atoms with Gasteiger partial charge in [-0.05, 0) is 18.2 Å². The molecule has 0 saturated heterocycles. The standard InChI is InChI=1S/C10H11N3O/c11-9-2-1-3-10(4-9)13-6-8(7-14)5-12-13/h1-6,14H,7,11H2. The van der Waals surface area contributed by atoms with Crippen LogP contribution in [0, 0.1) is 0 Å². The van der Waals surface area contributed by atoms with Gasteiger partial charge in [0, 0.05) is 17.4 Å². The van der Waals surface area contributed by atoms with E-state index < -0.39 is 0 Å². The maximum Gasteiger partial charge on any atom is 0.0712 e. The van der Waals surface area contributed by atoms with Crippen molar-refractivity contribution in [2.75, 3.05) is 5.73 Å². The first-order valence-electron chi connectivity index (χ1n) is 4.30. The van der Waals surface area contributed by atoms with E-state index >= 15 is 0 Å². The quantitative estimate of drug-likeness (QED) is 0.691. The zero-order valence-electron chi connectivity index (χ0n) is 7.59. The van der Waals surface area contributed by atoms with Crippen LogP contribution < -0.4 is 5.73 Å². The summed E-state index contributed by atoms with van der Waals surface area (Å²) in [5.74, 6) is 0. The Morgan fingerprint density at radius 2 is 2.29 bits per heavy atom. The van der Waals surface area contributed by atoms with Crippen molar-refractivity contribution < 1.29 is 5.11 Å². The van der Waals surface area contributed by atoms with Crippen LogP contribution in [0.1, 0.15) is 5.56 Å². The summed E-state index contributed by atoms with van der Waals surface area (Å²) in [4.78, 5) is 0. The van der Waals surface area contributed by atoms with Gasteiger partial charge in [0.1, 0.15) is 0 Å². The lowest BCUT2D eigenvalue weighted by Crippen LogP contribution is -1.95. The van der Waals surface area contributed by atoms with E-state index in [1.165, 1.54) is 0 Å². The summed E-state index contributed by atoms with van der Waals surface area (Å²) in [6, 6.07) is 7.42. The monoisotopic (exact) mass is 189 g/mol. The van der Waals surface area contributed by atoms with Crippen LogP contribution in [0.3, 0.4) is 0 Å². The van der Waals surface area contributed by atoms with Crippen LogP contribution >= 0.6 is 0 Å². The van der Waals surface area contributed by atoms with Crippen LogP contribution in [-0.4, -0.2) is 14.9 Å². The number of aromatic nitrogens is 2. The highest BCUT2D eigenvalue weighted by molar-refractivity contribution is 5.47. The van der Waals surface area contributed by atoms with Gasteiger partial charge in [-0.3, -0.25) is 0 Å². The van der Waals surface area contributed by atoms with E-state index in [4.69, 9.17) is 10.8 Å². The molecule has 0 fully saturated rings. The molecule has 0 bridgehead atoms. The van der Waals surface area contributed by atoms with Crippen molar-refractivity contribution in [3.05, 3.63) is 42.2 Å². The molecule has 3 N–H and O–H groups in total. The van der Waals surface area contributed by atoms with Crippen molar-refractivity contribution >= 4 is 5.69 Å². The lowest BCUT2D eigenvalue weighted by atomic mass is 10.3. The Morgan fingerprint density at radius 3 is 2.93 bits per heavy atom. The Hall–Kier alpha value is -1.81. The summed E-state index contributed by atoms with van der Waals surface area (Å²) in [5, 5.41) is 13.0. The highest BCUT2D eigenvalue weighted by Crippen LogP contribution is 2.11. The lowest BCUT2D eigenvalue weighted by molar-refractivity contribution is 0.282. The molecule has 0 unspecified atom stereocenters. The highest BCUT2D eigenvalue weighted by Gasteiger charge is 1.99. The Labute approximate surface area is 81.6 Å². The smallest absolute Gasteiger partial charge is 0.0712 e.